The molecule has 0 bridgehead atoms. The van der Waals surface area contributed by atoms with E-state index in [1.54, 1.807) is 18.2 Å². The van der Waals surface area contributed by atoms with Crippen molar-refractivity contribution in [3.63, 3.8) is 0 Å². The van der Waals surface area contributed by atoms with E-state index >= 15 is 0 Å². The number of hydrogen-bond acceptors (Lipinski definition) is 4. The Morgan fingerprint density at radius 1 is 1.13 bits per heavy atom. The summed E-state index contributed by atoms with van der Waals surface area (Å²) in [4.78, 5) is 21.4. The van der Waals surface area contributed by atoms with Crippen LogP contribution in [0.4, 0.5) is 17.6 Å². The van der Waals surface area contributed by atoms with Gasteiger partial charge in [-0.05, 0) is 29.3 Å². The van der Waals surface area contributed by atoms with Gasteiger partial charge in [0.15, 0.2) is 0 Å². The van der Waals surface area contributed by atoms with Gasteiger partial charge in [0.25, 0.3) is 5.91 Å². The van der Waals surface area contributed by atoms with Crippen LogP contribution in [0.2, 0.25) is 0 Å². The lowest BCUT2D eigenvalue weighted by molar-refractivity contribution is -0.192. The fraction of sp³-hybridized carbons (Fsp3) is 0.300. The van der Waals surface area contributed by atoms with Gasteiger partial charge in [-0.1, -0.05) is 30.3 Å². The number of benzene rings is 2. The van der Waals surface area contributed by atoms with Crippen LogP contribution in [0.1, 0.15) is 10.4 Å². The zero-order valence-corrected chi connectivity index (χ0v) is 15.7. The van der Waals surface area contributed by atoms with Crippen LogP contribution in [0.15, 0.2) is 48.5 Å². The van der Waals surface area contributed by atoms with Crippen molar-refractivity contribution in [1.82, 2.24) is 10.6 Å². The molecule has 0 aliphatic carbocycles. The molecule has 2 aromatic rings. The smallest absolute Gasteiger partial charge is 0.475 e. The van der Waals surface area contributed by atoms with Gasteiger partial charge in [-0.25, -0.2) is 9.18 Å². The number of halogens is 4. The van der Waals surface area contributed by atoms with Crippen LogP contribution >= 0.6 is 0 Å². The number of ether oxygens (including phenoxy) is 1. The largest absolute Gasteiger partial charge is 0.490 e. The number of rotatable bonds is 4. The predicted molar refractivity (Wildman–Crippen MR) is 100 cm³/mol. The molecule has 0 saturated carbocycles. The third-order valence-corrected chi connectivity index (χ3v) is 4.06. The van der Waals surface area contributed by atoms with E-state index in [0.29, 0.717) is 18.7 Å². The predicted octanol–water partition coefficient (Wildman–Crippen LogP) is 2.84. The number of carboxylic acid groups (broad SMARTS) is 1. The molecule has 162 valence electrons. The van der Waals surface area contributed by atoms with E-state index in [-0.39, 0.29) is 17.8 Å². The standard InChI is InChI=1S/C18H19FN2O2.C2HF3O2/c19-14-7-5-13(6-8-14)16-3-1-2-4-17(16)18(22)21-12-15-11-20-9-10-23-15;3-2(4,5)1(6)7/h1-8,15,20H,9-12H2,(H,21,22);(H,6,7). The van der Waals surface area contributed by atoms with Crippen molar-refractivity contribution in [2.45, 2.75) is 12.3 Å². The summed E-state index contributed by atoms with van der Waals surface area (Å²) in [5.74, 6) is -3.20. The highest BCUT2D eigenvalue weighted by molar-refractivity contribution is 6.00. The fourth-order valence-corrected chi connectivity index (χ4v) is 2.61. The number of carbonyl (C=O) groups is 2. The van der Waals surface area contributed by atoms with Crippen molar-refractivity contribution in [1.29, 1.82) is 0 Å². The van der Waals surface area contributed by atoms with Crippen molar-refractivity contribution in [2.24, 2.45) is 0 Å². The second-order valence-corrected chi connectivity index (χ2v) is 6.26. The minimum absolute atomic E-state index is 0.00863. The molecule has 1 saturated heterocycles. The molecule has 3 rings (SSSR count). The quantitative estimate of drug-likeness (QED) is 0.652. The summed E-state index contributed by atoms with van der Waals surface area (Å²) in [6.45, 7) is 2.70. The lowest BCUT2D eigenvalue weighted by atomic mass is 9.99. The molecular weight excluding hydrogens is 408 g/mol. The number of nitrogens with one attached hydrogen (secondary N) is 2. The Kier molecular flexibility index (Phi) is 8.31. The fourth-order valence-electron chi connectivity index (χ4n) is 2.61. The van der Waals surface area contributed by atoms with Crippen molar-refractivity contribution < 1.29 is 37.0 Å². The molecule has 10 heteroatoms. The van der Waals surface area contributed by atoms with Gasteiger partial charge >= 0.3 is 12.1 Å². The van der Waals surface area contributed by atoms with Crippen LogP contribution in [0, 0.1) is 5.82 Å². The zero-order chi connectivity index (χ0) is 22.1. The maximum Gasteiger partial charge on any atom is 0.490 e. The molecule has 1 unspecified atom stereocenters. The number of amides is 1. The minimum Gasteiger partial charge on any atom is -0.475 e. The molecule has 1 amide bonds. The molecule has 3 N–H and O–H groups in total. The summed E-state index contributed by atoms with van der Waals surface area (Å²) >= 11 is 0. The molecule has 0 radical (unpaired) electrons. The maximum absolute atomic E-state index is 13.1. The highest BCUT2D eigenvalue weighted by atomic mass is 19.4. The summed E-state index contributed by atoms with van der Waals surface area (Å²) in [6, 6.07) is 13.5. The average molecular weight is 428 g/mol. The molecule has 1 aliphatic heterocycles. The number of aliphatic carboxylic acids is 1. The second-order valence-electron chi connectivity index (χ2n) is 6.26. The molecule has 6 nitrogen and oxygen atoms in total. The van der Waals surface area contributed by atoms with Crippen molar-refractivity contribution in [3.8, 4) is 11.1 Å². The van der Waals surface area contributed by atoms with Gasteiger partial charge in [-0.2, -0.15) is 13.2 Å². The normalized spacial score (nSPS) is 16.2. The third-order valence-electron chi connectivity index (χ3n) is 4.06. The molecular formula is C20H20F4N2O4. The van der Waals surface area contributed by atoms with Crippen molar-refractivity contribution in [2.75, 3.05) is 26.2 Å². The number of carboxylic acids is 1. The molecule has 1 fully saturated rings. The first-order valence-corrected chi connectivity index (χ1v) is 8.94. The van der Waals surface area contributed by atoms with E-state index in [1.165, 1.54) is 12.1 Å². The van der Waals surface area contributed by atoms with Gasteiger partial charge in [0.1, 0.15) is 5.82 Å². The Balaban J connectivity index is 0.000000396. The van der Waals surface area contributed by atoms with E-state index in [4.69, 9.17) is 14.6 Å². The first-order valence-electron chi connectivity index (χ1n) is 8.94. The Morgan fingerprint density at radius 3 is 2.33 bits per heavy atom. The average Bonchev–Trinajstić information content (AvgIpc) is 2.73. The van der Waals surface area contributed by atoms with Gasteiger partial charge in [0.2, 0.25) is 0 Å². The van der Waals surface area contributed by atoms with E-state index in [2.05, 4.69) is 10.6 Å². The van der Waals surface area contributed by atoms with Gasteiger partial charge in [0, 0.05) is 25.2 Å². The number of alkyl halides is 3. The second kappa shape index (κ2) is 10.7. The molecule has 0 spiro atoms. The van der Waals surface area contributed by atoms with Gasteiger partial charge < -0.3 is 20.5 Å². The Labute approximate surface area is 169 Å². The van der Waals surface area contributed by atoms with Gasteiger partial charge in [-0.15, -0.1) is 0 Å². The van der Waals surface area contributed by atoms with E-state index in [0.717, 1.165) is 24.2 Å². The summed E-state index contributed by atoms with van der Waals surface area (Å²) < 4.78 is 50.4. The molecule has 1 heterocycles. The number of carbonyl (C=O) groups excluding carboxylic acids is 1. The Morgan fingerprint density at radius 2 is 1.77 bits per heavy atom. The van der Waals surface area contributed by atoms with Crippen LogP contribution < -0.4 is 10.6 Å². The van der Waals surface area contributed by atoms with E-state index in [9.17, 15) is 22.4 Å². The molecule has 0 aromatic heterocycles. The van der Waals surface area contributed by atoms with E-state index in [1.807, 2.05) is 18.2 Å². The third kappa shape index (κ3) is 7.12. The zero-order valence-electron chi connectivity index (χ0n) is 15.7. The highest BCUT2D eigenvalue weighted by Gasteiger charge is 2.38. The highest BCUT2D eigenvalue weighted by Crippen LogP contribution is 2.24. The maximum atomic E-state index is 13.1. The monoisotopic (exact) mass is 428 g/mol. The lowest BCUT2D eigenvalue weighted by Gasteiger charge is -2.24. The lowest BCUT2D eigenvalue weighted by Crippen LogP contribution is -2.45. The molecule has 30 heavy (non-hydrogen) atoms. The minimum atomic E-state index is -5.08. The summed E-state index contributed by atoms with van der Waals surface area (Å²) in [6.07, 6.45) is -5.09. The van der Waals surface area contributed by atoms with Crippen LogP contribution in [0.5, 0.6) is 0 Å². The van der Waals surface area contributed by atoms with Crippen LogP contribution in [-0.4, -0.2) is 55.5 Å². The van der Waals surface area contributed by atoms with E-state index < -0.39 is 12.1 Å². The molecule has 1 atom stereocenters. The van der Waals surface area contributed by atoms with Gasteiger partial charge in [-0.3, -0.25) is 4.79 Å². The first-order chi connectivity index (χ1) is 14.2. The van der Waals surface area contributed by atoms with Crippen LogP contribution in [-0.2, 0) is 9.53 Å². The van der Waals surface area contributed by atoms with Crippen molar-refractivity contribution >= 4 is 11.9 Å². The van der Waals surface area contributed by atoms with Crippen LogP contribution in [0.3, 0.4) is 0 Å². The number of hydrogen-bond donors (Lipinski definition) is 3. The Hall–Kier alpha value is -2.98. The van der Waals surface area contributed by atoms with Gasteiger partial charge in [0.05, 0.1) is 12.7 Å². The van der Waals surface area contributed by atoms with Crippen LogP contribution in [0.25, 0.3) is 11.1 Å². The Bertz CT molecular complexity index is 851. The topological polar surface area (TPSA) is 87.7 Å². The summed E-state index contributed by atoms with van der Waals surface area (Å²) in [7, 11) is 0. The summed E-state index contributed by atoms with van der Waals surface area (Å²) in [5, 5.41) is 13.3. The first kappa shape index (κ1) is 23.3. The molecule has 2 aromatic carbocycles. The molecule has 1 aliphatic rings. The van der Waals surface area contributed by atoms with Crippen molar-refractivity contribution in [3.05, 3.63) is 59.9 Å². The summed E-state index contributed by atoms with van der Waals surface area (Å²) in [5.41, 5.74) is 2.17. The SMILES string of the molecule is O=C(NCC1CNCCO1)c1ccccc1-c1ccc(F)cc1.O=C(O)C(F)(F)F. The number of morpholine rings is 1.